The van der Waals surface area contributed by atoms with Gasteiger partial charge in [0.1, 0.15) is 11.4 Å². The molecule has 0 aromatic heterocycles. The largest absolute Gasteiger partial charge is 0.444 e. The second-order valence-electron chi connectivity index (χ2n) is 7.38. The summed E-state index contributed by atoms with van der Waals surface area (Å²) in [4.78, 5) is 26.1. The van der Waals surface area contributed by atoms with Crippen molar-refractivity contribution in [1.29, 1.82) is 0 Å². The SMILES string of the molecule is CC(C)(C)OC(=O)N1C2CCC1CC1(CCC1=O)C2. The third kappa shape index (κ3) is 2.05. The van der Waals surface area contributed by atoms with E-state index >= 15 is 0 Å². The van der Waals surface area contributed by atoms with Crippen LogP contribution in [0, 0.1) is 5.41 Å². The molecule has 2 atom stereocenters. The highest BCUT2D eigenvalue weighted by molar-refractivity contribution is 5.91. The fourth-order valence-corrected chi connectivity index (χ4v) is 3.97. The van der Waals surface area contributed by atoms with E-state index in [9.17, 15) is 9.59 Å². The van der Waals surface area contributed by atoms with Crippen LogP contribution in [0.3, 0.4) is 0 Å². The molecule has 0 N–H and O–H groups in total. The van der Waals surface area contributed by atoms with Crippen LogP contribution in [0.25, 0.3) is 0 Å². The number of carbonyl (C=O) groups excluding carboxylic acids is 2. The van der Waals surface area contributed by atoms with E-state index in [0.717, 1.165) is 38.5 Å². The Morgan fingerprint density at radius 2 is 1.84 bits per heavy atom. The molecule has 3 aliphatic rings. The van der Waals surface area contributed by atoms with Gasteiger partial charge in [0.05, 0.1) is 0 Å². The van der Waals surface area contributed by atoms with Crippen molar-refractivity contribution in [1.82, 2.24) is 4.90 Å². The number of nitrogens with zero attached hydrogens (tertiary/aromatic N) is 1. The van der Waals surface area contributed by atoms with Crippen molar-refractivity contribution in [2.24, 2.45) is 5.41 Å². The first-order chi connectivity index (χ1) is 8.81. The molecule has 4 heteroatoms. The Morgan fingerprint density at radius 1 is 1.26 bits per heavy atom. The van der Waals surface area contributed by atoms with Crippen LogP contribution in [0.5, 0.6) is 0 Å². The van der Waals surface area contributed by atoms with Gasteiger partial charge in [-0.1, -0.05) is 0 Å². The topological polar surface area (TPSA) is 46.6 Å². The number of Topliss-reactive ketones (excluding diaryl/α,β-unsaturated/α-hetero) is 1. The zero-order valence-corrected chi connectivity index (χ0v) is 12.1. The van der Waals surface area contributed by atoms with Crippen LogP contribution in [0.15, 0.2) is 0 Å². The third-order valence-corrected chi connectivity index (χ3v) is 4.90. The van der Waals surface area contributed by atoms with Gasteiger partial charge >= 0.3 is 6.09 Å². The normalized spacial score (nSPS) is 37.4. The number of ether oxygens (including phenoxy) is 1. The number of rotatable bonds is 0. The molecule has 3 rings (SSSR count). The molecular weight excluding hydrogens is 242 g/mol. The maximum atomic E-state index is 12.3. The van der Waals surface area contributed by atoms with Gasteiger partial charge in [-0.3, -0.25) is 4.79 Å². The summed E-state index contributed by atoms with van der Waals surface area (Å²) >= 11 is 0. The van der Waals surface area contributed by atoms with E-state index in [4.69, 9.17) is 4.74 Å². The Morgan fingerprint density at radius 3 is 2.21 bits per heavy atom. The minimum absolute atomic E-state index is 0.0790. The molecule has 4 nitrogen and oxygen atoms in total. The summed E-state index contributed by atoms with van der Waals surface area (Å²) in [6.07, 6.45) is 5.36. The summed E-state index contributed by atoms with van der Waals surface area (Å²) in [6.45, 7) is 5.69. The van der Waals surface area contributed by atoms with Crippen LogP contribution in [0.4, 0.5) is 4.79 Å². The monoisotopic (exact) mass is 265 g/mol. The van der Waals surface area contributed by atoms with E-state index in [1.54, 1.807) is 0 Å². The zero-order valence-electron chi connectivity index (χ0n) is 12.1. The predicted molar refractivity (Wildman–Crippen MR) is 70.8 cm³/mol. The second kappa shape index (κ2) is 3.97. The summed E-state index contributed by atoms with van der Waals surface area (Å²) in [7, 11) is 0. The van der Waals surface area contributed by atoms with Gasteiger partial charge in [0.15, 0.2) is 0 Å². The molecule has 1 saturated carbocycles. The number of carbonyl (C=O) groups is 2. The number of piperidine rings is 1. The van der Waals surface area contributed by atoms with Crippen molar-refractivity contribution >= 4 is 11.9 Å². The molecular formula is C15H23NO3. The van der Waals surface area contributed by atoms with E-state index in [1.807, 2.05) is 25.7 Å². The summed E-state index contributed by atoms with van der Waals surface area (Å²) in [6, 6.07) is 0.440. The second-order valence-corrected chi connectivity index (χ2v) is 7.38. The fraction of sp³-hybridized carbons (Fsp3) is 0.867. The molecule has 2 unspecified atom stereocenters. The van der Waals surface area contributed by atoms with E-state index in [1.165, 1.54) is 0 Å². The molecule has 1 spiro atoms. The first kappa shape index (κ1) is 12.9. The fourth-order valence-electron chi connectivity index (χ4n) is 3.97. The van der Waals surface area contributed by atoms with Gasteiger partial charge in [-0.05, 0) is 52.9 Å². The molecule has 2 aliphatic heterocycles. The molecule has 3 fully saturated rings. The number of hydrogen-bond acceptors (Lipinski definition) is 3. The molecule has 1 aliphatic carbocycles. The molecule has 2 bridgehead atoms. The van der Waals surface area contributed by atoms with Crippen molar-refractivity contribution < 1.29 is 14.3 Å². The van der Waals surface area contributed by atoms with E-state index in [0.29, 0.717) is 5.78 Å². The Hall–Kier alpha value is -1.06. The maximum absolute atomic E-state index is 12.3. The standard InChI is InChI=1S/C15H23NO3/c1-14(2,3)19-13(18)16-10-4-5-11(16)9-15(8-10)7-6-12(15)17/h10-11H,4-9H2,1-3H3. The molecule has 0 aromatic rings. The van der Waals surface area contributed by atoms with Crippen molar-refractivity contribution in [3.63, 3.8) is 0 Å². The Bertz CT molecular complexity index is 410. The molecule has 0 radical (unpaired) electrons. The summed E-state index contributed by atoms with van der Waals surface area (Å²) in [5, 5.41) is 0. The van der Waals surface area contributed by atoms with Gasteiger partial charge in [0.25, 0.3) is 0 Å². The average Bonchev–Trinajstić information content (AvgIpc) is 2.57. The quantitative estimate of drug-likeness (QED) is 0.676. The summed E-state index contributed by atoms with van der Waals surface area (Å²) in [5.41, 5.74) is -0.526. The van der Waals surface area contributed by atoms with Crippen LogP contribution in [0.1, 0.15) is 59.3 Å². The number of ketones is 1. The zero-order chi connectivity index (χ0) is 13.8. The van der Waals surface area contributed by atoms with Crippen molar-refractivity contribution in [3.05, 3.63) is 0 Å². The predicted octanol–water partition coefficient (Wildman–Crippen LogP) is 2.90. The van der Waals surface area contributed by atoms with Crippen molar-refractivity contribution in [2.75, 3.05) is 0 Å². The number of hydrogen-bond donors (Lipinski definition) is 0. The number of amides is 1. The smallest absolute Gasteiger partial charge is 0.410 e. The van der Waals surface area contributed by atoms with Gasteiger partial charge in [0, 0.05) is 23.9 Å². The van der Waals surface area contributed by atoms with Crippen LogP contribution in [-0.2, 0) is 9.53 Å². The lowest BCUT2D eigenvalue weighted by Gasteiger charge is -2.50. The summed E-state index contributed by atoms with van der Waals surface area (Å²) < 4.78 is 5.51. The van der Waals surface area contributed by atoms with E-state index in [2.05, 4.69) is 0 Å². The molecule has 1 amide bonds. The third-order valence-electron chi connectivity index (χ3n) is 4.90. The van der Waals surface area contributed by atoms with Crippen LogP contribution < -0.4 is 0 Å². The molecule has 2 saturated heterocycles. The van der Waals surface area contributed by atoms with Crippen molar-refractivity contribution in [2.45, 2.75) is 77.0 Å². The highest BCUT2D eigenvalue weighted by atomic mass is 16.6. The van der Waals surface area contributed by atoms with E-state index < -0.39 is 5.60 Å². The lowest BCUT2D eigenvalue weighted by atomic mass is 9.60. The van der Waals surface area contributed by atoms with Gasteiger partial charge < -0.3 is 9.64 Å². The van der Waals surface area contributed by atoms with E-state index in [-0.39, 0.29) is 23.6 Å². The first-order valence-corrected chi connectivity index (χ1v) is 7.35. The summed E-state index contributed by atoms with van der Waals surface area (Å²) in [5.74, 6) is 0.424. The lowest BCUT2D eigenvalue weighted by Crippen LogP contribution is -2.56. The number of fused-ring (bicyclic) bond motifs is 2. The van der Waals surface area contributed by atoms with Gasteiger partial charge in [0.2, 0.25) is 0 Å². The molecule has 106 valence electrons. The van der Waals surface area contributed by atoms with Gasteiger partial charge in [-0.2, -0.15) is 0 Å². The Kier molecular flexibility index (Phi) is 2.70. The molecule has 2 heterocycles. The minimum atomic E-state index is -0.446. The minimum Gasteiger partial charge on any atom is -0.444 e. The molecule has 0 aromatic carbocycles. The lowest BCUT2D eigenvalue weighted by molar-refractivity contribution is -0.144. The van der Waals surface area contributed by atoms with Crippen molar-refractivity contribution in [3.8, 4) is 0 Å². The Balaban J connectivity index is 1.73. The maximum Gasteiger partial charge on any atom is 0.410 e. The van der Waals surface area contributed by atoms with Crippen LogP contribution in [0.2, 0.25) is 0 Å². The van der Waals surface area contributed by atoms with Crippen LogP contribution >= 0.6 is 0 Å². The van der Waals surface area contributed by atoms with Crippen LogP contribution in [-0.4, -0.2) is 34.5 Å². The van der Waals surface area contributed by atoms with Gasteiger partial charge in [-0.25, -0.2) is 4.79 Å². The average molecular weight is 265 g/mol. The molecule has 19 heavy (non-hydrogen) atoms. The van der Waals surface area contributed by atoms with Gasteiger partial charge in [-0.15, -0.1) is 0 Å². The highest BCUT2D eigenvalue weighted by Crippen LogP contribution is 2.54. The first-order valence-electron chi connectivity index (χ1n) is 7.35. The highest BCUT2D eigenvalue weighted by Gasteiger charge is 2.57. The Labute approximate surface area is 114 Å².